The van der Waals surface area contributed by atoms with Crippen LogP contribution in [0.25, 0.3) is 11.3 Å². The van der Waals surface area contributed by atoms with Crippen molar-refractivity contribution in [2.45, 2.75) is 19.9 Å². The lowest BCUT2D eigenvalue weighted by molar-refractivity contribution is 0.0761. The quantitative estimate of drug-likeness (QED) is 0.629. The molecule has 0 aliphatic carbocycles. The van der Waals surface area contributed by atoms with E-state index in [0.717, 1.165) is 43.1 Å². The Bertz CT molecular complexity index is 984. The molecule has 0 spiro atoms. The van der Waals surface area contributed by atoms with Crippen molar-refractivity contribution in [2.75, 3.05) is 26.2 Å². The summed E-state index contributed by atoms with van der Waals surface area (Å²) in [7, 11) is 0. The molecule has 1 aromatic heterocycles. The molecule has 4 rings (SSSR count). The minimum atomic E-state index is -0.00114. The first kappa shape index (κ1) is 19.7. The zero-order chi connectivity index (χ0) is 20.2. The molecule has 0 radical (unpaired) electrons. The van der Waals surface area contributed by atoms with Gasteiger partial charge in [0.05, 0.1) is 17.1 Å². The summed E-state index contributed by atoms with van der Waals surface area (Å²) >= 11 is 6.20. The molecule has 0 saturated carbocycles. The van der Waals surface area contributed by atoms with Gasteiger partial charge in [-0.1, -0.05) is 58.7 Å². The number of aromatic nitrogens is 1. The van der Waals surface area contributed by atoms with E-state index in [1.807, 2.05) is 23.1 Å². The number of hydrogen-bond acceptors (Lipinski definition) is 4. The van der Waals surface area contributed by atoms with Crippen LogP contribution in [0.1, 0.15) is 28.1 Å². The van der Waals surface area contributed by atoms with Gasteiger partial charge in [-0.15, -0.1) is 0 Å². The van der Waals surface area contributed by atoms with Crippen LogP contribution < -0.4 is 0 Å². The van der Waals surface area contributed by atoms with Crippen molar-refractivity contribution in [1.82, 2.24) is 15.0 Å². The Labute approximate surface area is 175 Å². The monoisotopic (exact) mass is 409 g/mol. The lowest BCUT2D eigenvalue weighted by atomic mass is 10.1. The van der Waals surface area contributed by atoms with Crippen LogP contribution in [0.5, 0.6) is 0 Å². The van der Waals surface area contributed by atoms with Crippen molar-refractivity contribution in [1.29, 1.82) is 0 Å². The third-order valence-corrected chi connectivity index (χ3v) is 5.60. The Morgan fingerprint density at radius 1 is 1.07 bits per heavy atom. The molecule has 3 aromatic rings. The zero-order valence-corrected chi connectivity index (χ0v) is 17.2. The Hall–Kier alpha value is -2.63. The highest BCUT2D eigenvalue weighted by atomic mass is 35.5. The third-order valence-electron chi connectivity index (χ3n) is 5.27. The summed E-state index contributed by atoms with van der Waals surface area (Å²) in [6.45, 7) is 5.85. The van der Waals surface area contributed by atoms with Gasteiger partial charge in [0.15, 0.2) is 5.76 Å². The number of aryl methyl sites for hydroxylation is 1. The SMILES string of the molecule is Cc1ccc(-c2cc(CN3CCCN(C(=O)c4ccccc4Cl)CC3)on2)cc1. The maximum Gasteiger partial charge on any atom is 0.255 e. The van der Waals surface area contributed by atoms with Crippen molar-refractivity contribution >= 4 is 17.5 Å². The van der Waals surface area contributed by atoms with E-state index in [4.69, 9.17) is 16.1 Å². The molecule has 0 atom stereocenters. The summed E-state index contributed by atoms with van der Waals surface area (Å²) in [6, 6.07) is 17.5. The summed E-state index contributed by atoms with van der Waals surface area (Å²) in [6.07, 6.45) is 0.912. The molecular formula is C23H24ClN3O2. The summed E-state index contributed by atoms with van der Waals surface area (Å²) in [5, 5.41) is 4.72. The van der Waals surface area contributed by atoms with Crippen LogP contribution in [0.3, 0.4) is 0 Å². The van der Waals surface area contributed by atoms with E-state index in [1.165, 1.54) is 5.56 Å². The van der Waals surface area contributed by atoms with Crippen molar-refractivity contribution in [2.24, 2.45) is 0 Å². The second-order valence-electron chi connectivity index (χ2n) is 7.45. The van der Waals surface area contributed by atoms with Crippen LogP contribution in [-0.4, -0.2) is 47.0 Å². The molecule has 2 heterocycles. The van der Waals surface area contributed by atoms with Crippen LogP contribution in [0.15, 0.2) is 59.1 Å². The van der Waals surface area contributed by atoms with E-state index in [9.17, 15) is 4.79 Å². The average molecular weight is 410 g/mol. The van der Waals surface area contributed by atoms with Crippen LogP contribution in [0.4, 0.5) is 0 Å². The van der Waals surface area contributed by atoms with E-state index in [0.29, 0.717) is 23.7 Å². The molecule has 1 amide bonds. The van der Waals surface area contributed by atoms with E-state index in [2.05, 4.69) is 41.2 Å². The van der Waals surface area contributed by atoms with Crippen LogP contribution in [0.2, 0.25) is 5.02 Å². The van der Waals surface area contributed by atoms with Gasteiger partial charge in [0.25, 0.3) is 5.91 Å². The van der Waals surface area contributed by atoms with Gasteiger partial charge in [-0.3, -0.25) is 9.69 Å². The molecule has 1 aliphatic heterocycles. The highest BCUT2D eigenvalue weighted by molar-refractivity contribution is 6.33. The second kappa shape index (κ2) is 8.80. The molecule has 2 aromatic carbocycles. The van der Waals surface area contributed by atoms with Gasteiger partial charge in [0, 0.05) is 37.8 Å². The summed E-state index contributed by atoms with van der Waals surface area (Å²) in [5.74, 6) is 0.838. The van der Waals surface area contributed by atoms with Gasteiger partial charge in [0.1, 0.15) is 5.69 Å². The smallest absolute Gasteiger partial charge is 0.255 e. The number of nitrogens with zero attached hydrogens (tertiary/aromatic N) is 3. The molecular weight excluding hydrogens is 386 g/mol. The third kappa shape index (κ3) is 4.69. The number of halogens is 1. The van der Waals surface area contributed by atoms with E-state index in [-0.39, 0.29) is 5.91 Å². The number of hydrogen-bond donors (Lipinski definition) is 0. The number of benzene rings is 2. The molecule has 29 heavy (non-hydrogen) atoms. The number of carbonyl (C=O) groups is 1. The van der Waals surface area contributed by atoms with Gasteiger partial charge in [-0.2, -0.15) is 0 Å². The minimum absolute atomic E-state index is 0.00114. The Kier molecular flexibility index (Phi) is 5.97. The van der Waals surface area contributed by atoms with Crippen molar-refractivity contribution < 1.29 is 9.32 Å². The van der Waals surface area contributed by atoms with Crippen molar-refractivity contribution in [3.63, 3.8) is 0 Å². The fraction of sp³-hybridized carbons (Fsp3) is 0.304. The molecule has 0 unspecified atom stereocenters. The lowest BCUT2D eigenvalue weighted by Crippen LogP contribution is -2.35. The van der Waals surface area contributed by atoms with E-state index >= 15 is 0 Å². The van der Waals surface area contributed by atoms with Crippen LogP contribution in [0, 0.1) is 6.92 Å². The first-order chi connectivity index (χ1) is 14.1. The largest absolute Gasteiger partial charge is 0.359 e. The van der Waals surface area contributed by atoms with E-state index in [1.54, 1.807) is 12.1 Å². The Morgan fingerprint density at radius 2 is 1.86 bits per heavy atom. The first-order valence-corrected chi connectivity index (χ1v) is 10.3. The van der Waals surface area contributed by atoms with Gasteiger partial charge in [-0.25, -0.2) is 0 Å². The molecule has 1 fully saturated rings. The fourth-order valence-corrected chi connectivity index (χ4v) is 3.82. The Balaban J connectivity index is 1.37. The van der Waals surface area contributed by atoms with Crippen LogP contribution in [-0.2, 0) is 6.54 Å². The maximum atomic E-state index is 12.8. The van der Waals surface area contributed by atoms with Gasteiger partial charge in [0.2, 0.25) is 0 Å². The number of rotatable bonds is 4. The Morgan fingerprint density at radius 3 is 2.66 bits per heavy atom. The first-order valence-electron chi connectivity index (χ1n) is 9.89. The average Bonchev–Trinajstić information content (AvgIpc) is 3.06. The molecule has 150 valence electrons. The van der Waals surface area contributed by atoms with Crippen molar-refractivity contribution in [3.8, 4) is 11.3 Å². The van der Waals surface area contributed by atoms with E-state index < -0.39 is 0 Å². The topological polar surface area (TPSA) is 49.6 Å². The highest BCUT2D eigenvalue weighted by Crippen LogP contribution is 2.22. The van der Waals surface area contributed by atoms with Crippen LogP contribution >= 0.6 is 11.6 Å². The maximum absolute atomic E-state index is 12.8. The molecule has 5 nitrogen and oxygen atoms in total. The van der Waals surface area contributed by atoms with Gasteiger partial charge < -0.3 is 9.42 Å². The fourth-order valence-electron chi connectivity index (χ4n) is 3.61. The molecule has 0 N–H and O–H groups in total. The number of amides is 1. The molecule has 1 saturated heterocycles. The predicted molar refractivity (Wildman–Crippen MR) is 114 cm³/mol. The zero-order valence-electron chi connectivity index (χ0n) is 16.5. The molecule has 0 bridgehead atoms. The van der Waals surface area contributed by atoms with Crippen molar-refractivity contribution in [3.05, 3.63) is 76.5 Å². The lowest BCUT2D eigenvalue weighted by Gasteiger charge is -2.21. The number of carbonyl (C=O) groups excluding carboxylic acids is 1. The summed E-state index contributed by atoms with van der Waals surface area (Å²) in [4.78, 5) is 17.0. The minimum Gasteiger partial charge on any atom is -0.359 e. The summed E-state index contributed by atoms with van der Waals surface area (Å²) in [5.41, 5.74) is 3.70. The standard InChI is InChI=1S/C23H24ClN3O2/c1-17-7-9-18(10-8-17)22-15-19(29-25-22)16-26-11-4-12-27(14-13-26)23(28)20-5-2-3-6-21(20)24/h2-3,5-10,15H,4,11-14,16H2,1H3. The normalized spacial score (nSPS) is 15.3. The highest BCUT2D eigenvalue weighted by Gasteiger charge is 2.22. The molecule has 6 heteroatoms. The predicted octanol–water partition coefficient (Wildman–Crippen LogP) is 4.65. The molecule has 1 aliphatic rings. The summed E-state index contributed by atoms with van der Waals surface area (Å²) < 4.78 is 5.56. The second-order valence-corrected chi connectivity index (χ2v) is 7.85. The van der Waals surface area contributed by atoms with Gasteiger partial charge >= 0.3 is 0 Å². The van der Waals surface area contributed by atoms with Gasteiger partial charge in [-0.05, 0) is 25.5 Å².